The summed E-state index contributed by atoms with van der Waals surface area (Å²) in [5, 5.41) is 5.27. The van der Waals surface area contributed by atoms with Crippen molar-refractivity contribution in [2.24, 2.45) is 11.7 Å². The van der Waals surface area contributed by atoms with Crippen molar-refractivity contribution < 1.29 is 19.0 Å². The predicted octanol–water partition coefficient (Wildman–Crippen LogP) is 2.65. The van der Waals surface area contributed by atoms with Crippen LogP contribution in [0.2, 0.25) is 0 Å². The molecule has 0 spiro atoms. The van der Waals surface area contributed by atoms with Crippen LogP contribution in [0.4, 0.5) is 5.13 Å². The number of anilines is 1. The molecule has 3 heterocycles. The smallest absolute Gasteiger partial charge is 0.243 e. The van der Waals surface area contributed by atoms with E-state index in [2.05, 4.69) is 10.3 Å². The number of carbonyl (C=O) groups excluding carboxylic acids is 1. The van der Waals surface area contributed by atoms with E-state index in [1.165, 1.54) is 11.3 Å². The Morgan fingerprint density at radius 3 is 2.85 bits per heavy atom. The maximum Gasteiger partial charge on any atom is 0.243 e. The van der Waals surface area contributed by atoms with Crippen LogP contribution in [0, 0.1) is 5.92 Å². The monoisotopic (exact) mass is 397 g/mol. The highest BCUT2D eigenvalue weighted by atomic mass is 35.5. The Morgan fingerprint density at radius 2 is 2.04 bits per heavy atom. The van der Waals surface area contributed by atoms with Crippen LogP contribution in [0.25, 0.3) is 11.3 Å². The Balaban J connectivity index is 0.00000196. The molecule has 0 radical (unpaired) electrons. The molecule has 1 aromatic carbocycles. The van der Waals surface area contributed by atoms with E-state index in [9.17, 15) is 4.79 Å². The van der Waals surface area contributed by atoms with E-state index in [1.54, 1.807) is 0 Å². The van der Waals surface area contributed by atoms with Crippen molar-refractivity contribution in [2.45, 2.75) is 18.9 Å². The van der Waals surface area contributed by atoms with E-state index < -0.39 is 6.04 Å². The van der Waals surface area contributed by atoms with Crippen LogP contribution in [0.15, 0.2) is 23.6 Å². The Morgan fingerprint density at radius 1 is 1.27 bits per heavy atom. The third-order valence-electron chi connectivity index (χ3n) is 4.48. The molecule has 0 bridgehead atoms. The first kappa shape index (κ1) is 18.9. The number of nitrogens with zero attached hydrogens (tertiary/aromatic N) is 1. The molecule has 1 saturated heterocycles. The molecule has 2 aliphatic rings. The minimum atomic E-state index is -0.540. The third kappa shape index (κ3) is 3.93. The molecule has 1 unspecified atom stereocenters. The topological polar surface area (TPSA) is 95.7 Å². The number of amides is 1. The number of ether oxygens (including phenoxy) is 3. The molecule has 2 aromatic rings. The second kappa shape index (κ2) is 8.22. The molecule has 1 atom stereocenters. The maximum atomic E-state index is 12.4. The molecular formula is C17H20ClN3O4S. The van der Waals surface area contributed by atoms with Gasteiger partial charge in [-0.25, -0.2) is 4.98 Å². The van der Waals surface area contributed by atoms with Gasteiger partial charge in [-0.1, -0.05) is 0 Å². The predicted molar refractivity (Wildman–Crippen MR) is 101 cm³/mol. The minimum absolute atomic E-state index is 0. The van der Waals surface area contributed by atoms with Gasteiger partial charge in [-0.2, -0.15) is 0 Å². The first-order valence-electron chi connectivity index (χ1n) is 8.20. The third-order valence-corrected chi connectivity index (χ3v) is 5.24. The van der Waals surface area contributed by atoms with Crippen molar-refractivity contribution in [2.75, 3.05) is 25.3 Å². The van der Waals surface area contributed by atoms with Gasteiger partial charge in [-0.3, -0.25) is 4.79 Å². The fraction of sp³-hybridized carbons (Fsp3) is 0.412. The Hall–Kier alpha value is -1.87. The average molecular weight is 398 g/mol. The van der Waals surface area contributed by atoms with E-state index >= 15 is 0 Å². The summed E-state index contributed by atoms with van der Waals surface area (Å²) in [6.07, 6.45) is 1.63. The summed E-state index contributed by atoms with van der Waals surface area (Å²) < 4.78 is 16.0. The second-order valence-electron chi connectivity index (χ2n) is 6.07. The molecule has 2 aliphatic heterocycles. The zero-order valence-corrected chi connectivity index (χ0v) is 15.6. The van der Waals surface area contributed by atoms with Crippen molar-refractivity contribution in [1.82, 2.24) is 4.98 Å². The van der Waals surface area contributed by atoms with Gasteiger partial charge in [0.25, 0.3) is 0 Å². The zero-order valence-electron chi connectivity index (χ0n) is 14.0. The van der Waals surface area contributed by atoms with E-state index in [4.69, 9.17) is 19.9 Å². The number of thiazole rings is 1. The van der Waals surface area contributed by atoms with Crippen LogP contribution in [0.1, 0.15) is 12.8 Å². The lowest BCUT2D eigenvalue weighted by molar-refractivity contribution is -0.119. The number of nitrogens with two attached hydrogens (primary N) is 1. The Labute approximate surface area is 161 Å². The highest BCUT2D eigenvalue weighted by Gasteiger charge is 2.27. The summed E-state index contributed by atoms with van der Waals surface area (Å²) >= 11 is 1.37. The van der Waals surface area contributed by atoms with Gasteiger partial charge in [-0.05, 0) is 37.0 Å². The van der Waals surface area contributed by atoms with Gasteiger partial charge in [0, 0.05) is 24.2 Å². The summed E-state index contributed by atoms with van der Waals surface area (Å²) in [6.45, 7) is 1.57. The number of rotatable bonds is 4. The maximum absolute atomic E-state index is 12.4. The number of carbonyl (C=O) groups is 1. The van der Waals surface area contributed by atoms with Gasteiger partial charge in [-0.15, -0.1) is 23.7 Å². The van der Waals surface area contributed by atoms with Crippen LogP contribution in [0.3, 0.4) is 0 Å². The van der Waals surface area contributed by atoms with E-state index in [-0.39, 0.29) is 31.0 Å². The SMILES string of the molecule is Cl.NC(C(=O)Nc1nc(-c2ccc3c(c2)OCO3)cs1)C1CCOCC1. The quantitative estimate of drug-likeness (QED) is 0.823. The Kier molecular flexibility index (Phi) is 5.98. The first-order chi connectivity index (χ1) is 12.2. The molecule has 3 N–H and O–H groups in total. The second-order valence-corrected chi connectivity index (χ2v) is 6.93. The molecule has 140 valence electrons. The molecule has 1 amide bonds. The fourth-order valence-corrected chi connectivity index (χ4v) is 3.72. The molecule has 0 saturated carbocycles. The normalized spacial score (nSPS) is 17.4. The van der Waals surface area contributed by atoms with Crippen LogP contribution in [-0.2, 0) is 9.53 Å². The summed E-state index contributed by atoms with van der Waals surface area (Å²) in [5.41, 5.74) is 7.79. The summed E-state index contributed by atoms with van der Waals surface area (Å²) in [7, 11) is 0. The number of halogens is 1. The molecule has 1 aromatic heterocycles. The molecule has 9 heteroatoms. The lowest BCUT2D eigenvalue weighted by Gasteiger charge is -2.26. The van der Waals surface area contributed by atoms with Gasteiger partial charge in [0.2, 0.25) is 12.7 Å². The highest BCUT2D eigenvalue weighted by molar-refractivity contribution is 7.14. The van der Waals surface area contributed by atoms with Crippen LogP contribution >= 0.6 is 23.7 Å². The average Bonchev–Trinajstić information content (AvgIpc) is 3.30. The molecular weight excluding hydrogens is 378 g/mol. The van der Waals surface area contributed by atoms with Gasteiger partial charge in [0.1, 0.15) is 0 Å². The molecule has 0 aliphatic carbocycles. The van der Waals surface area contributed by atoms with Crippen molar-refractivity contribution in [3.05, 3.63) is 23.6 Å². The van der Waals surface area contributed by atoms with Gasteiger partial charge < -0.3 is 25.3 Å². The largest absolute Gasteiger partial charge is 0.454 e. The van der Waals surface area contributed by atoms with Crippen molar-refractivity contribution in [1.29, 1.82) is 0 Å². The number of aromatic nitrogens is 1. The van der Waals surface area contributed by atoms with Crippen molar-refractivity contribution in [3.63, 3.8) is 0 Å². The number of hydrogen-bond acceptors (Lipinski definition) is 7. The van der Waals surface area contributed by atoms with Crippen LogP contribution in [0.5, 0.6) is 11.5 Å². The summed E-state index contributed by atoms with van der Waals surface area (Å²) in [5.74, 6) is 1.40. The molecule has 4 rings (SSSR count). The van der Waals surface area contributed by atoms with Crippen LogP contribution < -0.4 is 20.5 Å². The molecule has 26 heavy (non-hydrogen) atoms. The standard InChI is InChI=1S/C17H19N3O4S.ClH/c18-15(10-3-5-22-6-4-10)16(21)20-17-19-12(8-25-17)11-1-2-13-14(7-11)24-9-23-13;/h1-2,7-8,10,15H,3-6,9,18H2,(H,19,20,21);1H. The van der Waals surface area contributed by atoms with Crippen molar-refractivity contribution in [3.8, 4) is 22.8 Å². The molecule has 1 fully saturated rings. The number of hydrogen-bond donors (Lipinski definition) is 2. The fourth-order valence-electron chi connectivity index (χ4n) is 3.00. The van der Waals surface area contributed by atoms with E-state index in [0.717, 1.165) is 29.8 Å². The zero-order chi connectivity index (χ0) is 17.2. The molecule has 7 nitrogen and oxygen atoms in total. The highest BCUT2D eigenvalue weighted by Crippen LogP contribution is 2.36. The summed E-state index contributed by atoms with van der Waals surface area (Å²) in [6, 6.07) is 5.12. The van der Waals surface area contributed by atoms with Gasteiger partial charge in [0.05, 0.1) is 11.7 Å². The minimum Gasteiger partial charge on any atom is -0.454 e. The van der Waals surface area contributed by atoms with E-state index in [0.29, 0.717) is 24.1 Å². The van der Waals surface area contributed by atoms with Gasteiger partial charge in [0.15, 0.2) is 16.6 Å². The summed E-state index contributed by atoms with van der Waals surface area (Å²) in [4.78, 5) is 16.8. The Bertz CT molecular complexity index is 779. The number of benzene rings is 1. The lowest BCUT2D eigenvalue weighted by Crippen LogP contribution is -2.43. The lowest BCUT2D eigenvalue weighted by atomic mass is 9.92. The van der Waals surface area contributed by atoms with Crippen LogP contribution in [-0.4, -0.2) is 36.9 Å². The van der Waals surface area contributed by atoms with E-state index in [1.807, 2.05) is 23.6 Å². The number of fused-ring (bicyclic) bond motifs is 1. The van der Waals surface area contributed by atoms with Crippen molar-refractivity contribution >= 4 is 34.8 Å². The van der Waals surface area contributed by atoms with Gasteiger partial charge >= 0.3 is 0 Å². The first-order valence-corrected chi connectivity index (χ1v) is 9.08. The number of nitrogens with one attached hydrogen (secondary N) is 1.